The summed E-state index contributed by atoms with van der Waals surface area (Å²) < 4.78 is 5.38. The molecule has 1 aromatic rings. The van der Waals surface area contributed by atoms with E-state index in [0.29, 0.717) is 13.1 Å². The van der Waals surface area contributed by atoms with Gasteiger partial charge in [0, 0.05) is 31.7 Å². The third-order valence-corrected chi connectivity index (χ3v) is 3.44. The summed E-state index contributed by atoms with van der Waals surface area (Å²) in [6.07, 6.45) is 0. The fraction of sp³-hybridized carbons (Fsp3) is 0.500. The molecule has 2 amide bonds. The van der Waals surface area contributed by atoms with Crippen LogP contribution in [0.5, 0.6) is 5.75 Å². The van der Waals surface area contributed by atoms with Gasteiger partial charge in [-0.05, 0) is 13.0 Å². The van der Waals surface area contributed by atoms with Crippen molar-refractivity contribution >= 4 is 6.03 Å². The lowest BCUT2D eigenvalue weighted by atomic mass is 10.1. The van der Waals surface area contributed by atoms with Crippen molar-refractivity contribution in [2.45, 2.75) is 19.0 Å². The first-order chi connectivity index (χ1) is 9.04. The van der Waals surface area contributed by atoms with Gasteiger partial charge in [0.15, 0.2) is 0 Å². The first-order valence-corrected chi connectivity index (χ1v) is 6.44. The van der Waals surface area contributed by atoms with E-state index >= 15 is 0 Å². The zero-order valence-corrected chi connectivity index (χ0v) is 11.7. The van der Waals surface area contributed by atoms with Crippen molar-refractivity contribution in [3.8, 4) is 5.75 Å². The molecule has 0 aromatic heterocycles. The highest BCUT2D eigenvalue weighted by Gasteiger charge is 2.36. The van der Waals surface area contributed by atoms with Gasteiger partial charge >= 0.3 is 6.03 Å². The predicted octanol–water partition coefficient (Wildman–Crippen LogP) is 1.45. The fourth-order valence-corrected chi connectivity index (χ4v) is 2.51. The number of carbonyl (C=O) groups excluding carboxylic acids is 1. The van der Waals surface area contributed by atoms with Crippen LogP contribution in [0.2, 0.25) is 0 Å². The van der Waals surface area contributed by atoms with E-state index in [9.17, 15) is 4.79 Å². The molecule has 1 aliphatic heterocycles. The Morgan fingerprint density at radius 1 is 1.47 bits per heavy atom. The summed E-state index contributed by atoms with van der Waals surface area (Å²) in [5.74, 6) is 0.815. The summed E-state index contributed by atoms with van der Waals surface area (Å²) in [5, 5.41) is 0. The highest BCUT2D eigenvalue weighted by molar-refractivity contribution is 5.77. The smallest absolute Gasteiger partial charge is 0.320 e. The topological polar surface area (TPSA) is 58.8 Å². The molecule has 0 radical (unpaired) electrons. The van der Waals surface area contributed by atoms with Gasteiger partial charge in [0.25, 0.3) is 0 Å². The summed E-state index contributed by atoms with van der Waals surface area (Å²) in [6.45, 7) is 3.13. The maximum Gasteiger partial charge on any atom is 0.320 e. The van der Waals surface area contributed by atoms with Crippen LogP contribution in [-0.2, 0) is 0 Å². The lowest BCUT2D eigenvalue weighted by Gasteiger charge is -2.20. The normalized spacial score (nSPS) is 20.8. The van der Waals surface area contributed by atoms with E-state index in [-0.39, 0.29) is 18.1 Å². The second-order valence-electron chi connectivity index (χ2n) is 5.03. The molecule has 5 nitrogen and oxygen atoms in total. The van der Waals surface area contributed by atoms with Crippen molar-refractivity contribution in [3.05, 3.63) is 29.8 Å². The van der Waals surface area contributed by atoms with Gasteiger partial charge in [-0.15, -0.1) is 0 Å². The Labute approximate surface area is 113 Å². The van der Waals surface area contributed by atoms with Gasteiger partial charge in [-0.3, -0.25) is 0 Å². The van der Waals surface area contributed by atoms with Crippen LogP contribution in [0.25, 0.3) is 0 Å². The fourth-order valence-electron chi connectivity index (χ4n) is 2.51. The quantitative estimate of drug-likeness (QED) is 0.894. The summed E-state index contributed by atoms with van der Waals surface area (Å²) in [6, 6.07) is 7.83. The van der Waals surface area contributed by atoms with E-state index in [2.05, 4.69) is 0 Å². The molecule has 2 N–H and O–H groups in total. The molecule has 104 valence electrons. The van der Waals surface area contributed by atoms with Gasteiger partial charge in [0.05, 0.1) is 13.2 Å². The van der Waals surface area contributed by atoms with Crippen molar-refractivity contribution in [1.82, 2.24) is 9.80 Å². The summed E-state index contributed by atoms with van der Waals surface area (Å²) in [5.41, 5.74) is 6.82. The van der Waals surface area contributed by atoms with E-state index in [0.717, 1.165) is 11.3 Å². The van der Waals surface area contributed by atoms with Gasteiger partial charge in [-0.2, -0.15) is 0 Å². The second-order valence-corrected chi connectivity index (χ2v) is 5.03. The first kappa shape index (κ1) is 13.7. The highest BCUT2D eigenvalue weighted by Crippen LogP contribution is 2.33. The van der Waals surface area contributed by atoms with Crippen LogP contribution in [-0.4, -0.2) is 49.1 Å². The van der Waals surface area contributed by atoms with Crippen LogP contribution in [0.3, 0.4) is 0 Å². The van der Waals surface area contributed by atoms with Crippen LogP contribution in [0.1, 0.15) is 18.5 Å². The van der Waals surface area contributed by atoms with Crippen LogP contribution < -0.4 is 10.5 Å². The van der Waals surface area contributed by atoms with E-state index in [1.165, 1.54) is 0 Å². The van der Waals surface area contributed by atoms with Gasteiger partial charge in [0.2, 0.25) is 0 Å². The second kappa shape index (κ2) is 5.48. The van der Waals surface area contributed by atoms with E-state index in [1.807, 2.05) is 38.2 Å². The molecule has 0 saturated carbocycles. The van der Waals surface area contributed by atoms with Crippen molar-refractivity contribution in [3.63, 3.8) is 0 Å². The van der Waals surface area contributed by atoms with Crippen LogP contribution in [0.15, 0.2) is 24.3 Å². The number of carbonyl (C=O) groups is 1. The molecule has 0 aliphatic carbocycles. The third-order valence-electron chi connectivity index (χ3n) is 3.44. The lowest BCUT2D eigenvalue weighted by Crippen LogP contribution is -2.38. The largest absolute Gasteiger partial charge is 0.496 e. The number of amides is 2. The molecule has 19 heavy (non-hydrogen) atoms. The van der Waals surface area contributed by atoms with Gasteiger partial charge in [-0.1, -0.05) is 18.2 Å². The maximum absolute atomic E-state index is 12.2. The third kappa shape index (κ3) is 2.66. The number of ether oxygens (including phenoxy) is 1. The van der Waals surface area contributed by atoms with Crippen molar-refractivity contribution in [1.29, 1.82) is 0 Å². The zero-order valence-electron chi connectivity index (χ0n) is 11.7. The Morgan fingerprint density at radius 2 is 2.16 bits per heavy atom. The minimum Gasteiger partial charge on any atom is -0.496 e. The number of nitrogens with two attached hydrogens (primary N) is 1. The molecule has 1 heterocycles. The van der Waals surface area contributed by atoms with Gasteiger partial charge in [0.1, 0.15) is 5.75 Å². The molecular weight excluding hydrogens is 242 g/mol. The van der Waals surface area contributed by atoms with Crippen molar-refractivity contribution < 1.29 is 9.53 Å². The number of nitrogens with zero attached hydrogens (tertiary/aromatic N) is 2. The number of rotatable bonds is 4. The lowest BCUT2D eigenvalue weighted by molar-refractivity contribution is 0.194. The number of methoxy groups -OCH3 is 1. The van der Waals surface area contributed by atoms with Gasteiger partial charge < -0.3 is 20.3 Å². The Kier molecular flexibility index (Phi) is 3.95. The molecule has 5 heteroatoms. The SMILES string of the molecule is COc1ccccc1C1CN(CC(C)N)C(=O)N1C. The summed E-state index contributed by atoms with van der Waals surface area (Å²) in [4.78, 5) is 15.7. The number of urea groups is 1. The molecule has 2 unspecified atom stereocenters. The number of benzene rings is 1. The monoisotopic (exact) mass is 263 g/mol. The zero-order chi connectivity index (χ0) is 14.0. The van der Waals surface area contributed by atoms with Crippen molar-refractivity contribution in [2.24, 2.45) is 5.73 Å². The number of likely N-dealkylation sites (N-methyl/N-ethyl adjacent to an activating group) is 1. The molecule has 1 aromatic carbocycles. The molecule has 2 atom stereocenters. The molecular formula is C14H21N3O2. The number of para-hydroxylation sites is 1. The van der Waals surface area contributed by atoms with Gasteiger partial charge in [-0.25, -0.2) is 4.79 Å². The molecule has 1 saturated heterocycles. The van der Waals surface area contributed by atoms with Crippen LogP contribution in [0, 0.1) is 0 Å². The van der Waals surface area contributed by atoms with Crippen LogP contribution in [0.4, 0.5) is 4.79 Å². The minimum atomic E-state index is -0.0197. The molecule has 0 bridgehead atoms. The standard InChI is InChI=1S/C14H21N3O2/c1-10(15)8-17-9-12(16(2)14(17)18)11-6-4-5-7-13(11)19-3/h4-7,10,12H,8-9,15H2,1-3H3. The van der Waals surface area contributed by atoms with E-state index in [4.69, 9.17) is 10.5 Å². The summed E-state index contributed by atoms with van der Waals surface area (Å²) >= 11 is 0. The first-order valence-electron chi connectivity index (χ1n) is 6.44. The highest BCUT2D eigenvalue weighted by atomic mass is 16.5. The summed E-state index contributed by atoms with van der Waals surface area (Å²) in [7, 11) is 3.47. The maximum atomic E-state index is 12.2. The minimum absolute atomic E-state index is 0.0161. The molecule has 1 aliphatic rings. The Bertz CT molecular complexity index is 462. The average Bonchev–Trinajstić information content (AvgIpc) is 2.66. The Balaban J connectivity index is 2.24. The van der Waals surface area contributed by atoms with E-state index < -0.39 is 0 Å². The predicted molar refractivity (Wildman–Crippen MR) is 74.1 cm³/mol. The Morgan fingerprint density at radius 3 is 2.79 bits per heavy atom. The molecule has 0 spiro atoms. The van der Waals surface area contributed by atoms with E-state index in [1.54, 1.807) is 16.9 Å². The number of hydrogen-bond donors (Lipinski definition) is 1. The number of hydrogen-bond acceptors (Lipinski definition) is 3. The Hall–Kier alpha value is -1.75. The molecule has 1 fully saturated rings. The van der Waals surface area contributed by atoms with Crippen molar-refractivity contribution in [2.75, 3.05) is 27.2 Å². The molecule has 2 rings (SSSR count). The van der Waals surface area contributed by atoms with Crippen LogP contribution >= 0.6 is 0 Å². The average molecular weight is 263 g/mol.